The molecule has 1 atom stereocenters. The highest BCUT2D eigenvalue weighted by Gasteiger charge is 2.14. The van der Waals surface area contributed by atoms with Crippen LogP contribution in [0.15, 0.2) is 77.2 Å². The SMILES string of the molecule is CCC(c1ccccc1)c1ccc2oc3ccccc3c2c1. The summed E-state index contributed by atoms with van der Waals surface area (Å²) in [4.78, 5) is 0. The molecule has 108 valence electrons. The highest BCUT2D eigenvalue weighted by atomic mass is 16.3. The lowest BCUT2D eigenvalue weighted by atomic mass is 9.88. The van der Waals surface area contributed by atoms with Gasteiger partial charge in [0.05, 0.1) is 0 Å². The van der Waals surface area contributed by atoms with E-state index in [-0.39, 0.29) is 0 Å². The summed E-state index contributed by atoms with van der Waals surface area (Å²) < 4.78 is 5.93. The van der Waals surface area contributed by atoms with Gasteiger partial charge in [-0.3, -0.25) is 0 Å². The summed E-state index contributed by atoms with van der Waals surface area (Å²) in [6.07, 6.45) is 1.09. The van der Waals surface area contributed by atoms with Crippen LogP contribution in [0.2, 0.25) is 0 Å². The second-order valence-corrected chi connectivity index (χ2v) is 5.73. The quantitative estimate of drug-likeness (QED) is 0.441. The average Bonchev–Trinajstić information content (AvgIpc) is 2.95. The Labute approximate surface area is 130 Å². The summed E-state index contributed by atoms with van der Waals surface area (Å²) >= 11 is 0. The van der Waals surface area contributed by atoms with Crippen molar-refractivity contribution in [3.05, 3.63) is 83.9 Å². The molecule has 0 fully saturated rings. The molecule has 0 saturated carbocycles. The fourth-order valence-electron chi connectivity index (χ4n) is 3.31. The van der Waals surface area contributed by atoms with Crippen molar-refractivity contribution in [1.82, 2.24) is 0 Å². The minimum absolute atomic E-state index is 0.430. The van der Waals surface area contributed by atoms with Crippen molar-refractivity contribution in [2.45, 2.75) is 19.3 Å². The lowest BCUT2D eigenvalue weighted by Gasteiger charge is -2.16. The molecular weight excluding hydrogens is 268 g/mol. The minimum Gasteiger partial charge on any atom is -0.456 e. The molecule has 1 unspecified atom stereocenters. The van der Waals surface area contributed by atoms with Gasteiger partial charge in [0, 0.05) is 16.7 Å². The fraction of sp³-hybridized carbons (Fsp3) is 0.143. The van der Waals surface area contributed by atoms with Crippen LogP contribution in [-0.2, 0) is 0 Å². The van der Waals surface area contributed by atoms with E-state index in [1.54, 1.807) is 0 Å². The molecule has 0 aliphatic carbocycles. The molecule has 1 aromatic heterocycles. The van der Waals surface area contributed by atoms with E-state index in [1.807, 2.05) is 12.1 Å². The second kappa shape index (κ2) is 5.34. The molecule has 0 amide bonds. The molecule has 0 bridgehead atoms. The molecule has 0 aliphatic heterocycles. The van der Waals surface area contributed by atoms with Crippen LogP contribution in [-0.4, -0.2) is 0 Å². The Kier molecular flexibility index (Phi) is 3.19. The summed E-state index contributed by atoms with van der Waals surface area (Å²) in [6.45, 7) is 2.25. The van der Waals surface area contributed by atoms with Gasteiger partial charge in [0.25, 0.3) is 0 Å². The number of rotatable bonds is 3. The zero-order valence-electron chi connectivity index (χ0n) is 12.6. The molecule has 0 saturated heterocycles. The van der Waals surface area contributed by atoms with Crippen LogP contribution in [0.3, 0.4) is 0 Å². The summed E-state index contributed by atoms with van der Waals surface area (Å²) in [5, 5.41) is 2.41. The topological polar surface area (TPSA) is 13.1 Å². The summed E-state index contributed by atoms with van der Waals surface area (Å²) in [5.41, 5.74) is 4.65. The third kappa shape index (κ3) is 2.10. The highest BCUT2D eigenvalue weighted by molar-refractivity contribution is 6.05. The predicted molar refractivity (Wildman–Crippen MR) is 92.3 cm³/mol. The van der Waals surface area contributed by atoms with E-state index in [1.165, 1.54) is 21.9 Å². The van der Waals surface area contributed by atoms with E-state index in [0.717, 1.165) is 17.6 Å². The second-order valence-electron chi connectivity index (χ2n) is 5.73. The predicted octanol–water partition coefficient (Wildman–Crippen LogP) is 6.13. The first-order chi connectivity index (χ1) is 10.9. The largest absolute Gasteiger partial charge is 0.456 e. The van der Waals surface area contributed by atoms with Gasteiger partial charge in [-0.2, -0.15) is 0 Å². The summed E-state index contributed by atoms with van der Waals surface area (Å²) in [5.74, 6) is 0.430. The molecule has 1 nitrogen and oxygen atoms in total. The number of fused-ring (bicyclic) bond motifs is 3. The van der Waals surface area contributed by atoms with Crippen molar-refractivity contribution >= 4 is 21.9 Å². The van der Waals surface area contributed by atoms with Crippen LogP contribution >= 0.6 is 0 Å². The lowest BCUT2D eigenvalue weighted by Crippen LogP contribution is -1.99. The maximum atomic E-state index is 5.93. The first kappa shape index (κ1) is 13.1. The van der Waals surface area contributed by atoms with E-state index in [0.29, 0.717) is 5.92 Å². The molecule has 1 heteroatoms. The third-order valence-electron chi connectivity index (χ3n) is 4.41. The molecule has 1 heterocycles. The first-order valence-corrected chi connectivity index (χ1v) is 7.83. The Bertz CT molecular complexity index is 918. The Morgan fingerprint density at radius 2 is 1.45 bits per heavy atom. The van der Waals surface area contributed by atoms with Crippen molar-refractivity contribution in [3.8, 4) is 0 Å². The maximum Gasteiger partial charge on any atom is 0.135 e. The van der Waals surface area contributed by atoms with Crippen molar-refractivity contribution in [3.63, 3.8) is 0 Å². The average molecular weight is 286 g/mol. The van der Waals surface area contributed by atoms with Gasteiger partial charge >= 0.3 is 0 Å². The smallest absolute Gasteiger partial charge is 0.135 e. The lowest BCUT2D eigenvalue weighted by molar-refractivity contribution is 0.668. The van der Waals surface area contributed by atoms with E-state index < -0.39 is 0 Å². The zero-order valence-corrected chi connectivity index (χ0v) is 12.6. The molecule has 3 aromatic carbocycles. The van der Waals surface area contributed by atoms with Crippen molar-refractivity contribution < 1.29 is 4.42 Å². The van der Waals surface area contributed by atoms with E-state index in [2.05, 4.69) is 67.6 Å². The molecule has 4 aromatic rings. The van der Waals surface area contributed by atoms with Crippen LogP contribution in [0.1, 0.15) is 30.4 Å². The van der Waals surface area contributed by atoms with Crippen LogP contribution in [0.5, 0.6) is 0 Å². The van der Waals surface area contributed by atoms with E-state index in [9.17, 15) is 0 Å². The van der Waals surface area contributed by atoms with Crippen LogP contribution in [0.4, 0.5) is 0 Å². The van der Waals surface area contributed by atoms with Gasteiger partial charge in [0.1, 0.15) is 11.2 Å². The van der Waals surface area contributed by atoms with Gasteiger partial charge in [-0.25, -0.2) is 0 Å². The van der Waals surface area contributed by atoms with Gasteiger partial charge in [0.2, 0.25) is 0 Å². The Balaban J connectivity index is 1.89. The Hall–Kier alpha value is -2.54. The Morgan fingerprint density at radius 3 is 2.27 bits per heavy atom. The summed E-state index contributed by atoms with van der Waals surface area (Å²) in [7, 11) is 0. The maximum absolute atomic E-state index is 5.93. The number of benzene rings is 3. The molecule has 0 N–H and O–H groups in total. The molecule has 22 heavy (non-hydrogen) atoms. The fourth-order valence-corrected chi connectivity index (χ4v) is 3.31. The summed E-state index contributed by atoms with van der Waals surface area (Å²) in [6, 6.07) is 25.6. The van der Waals surface area contributed by atoms with Gasteiger partial charge in [-0.1, -0.05) is 61.5 Å². The first-order valence-electron chi connectivity index (χ1n) is 7.83. The van der Waals surface area contributed by atoms with Gasteiger partial charge in [-0.05, 0) is 35.7 Å². The van der Waals surface area contributed by atoms with Crippen molar-refractivity contribution in [1.29, 1.82) is 0 Å². The number of hydrogen-bond acceptors (Lipinski definition) is 1. The zero-order chi connectivity index (χ0) is 14.9. The van der Waals surface area contributed by atoms with Crippen LogP contribution in [0.25, 0.3) is 21.9 Å². The standard InChI is InChI=1S/C21H18O/c1-2-17(15-8-4-3-5-9-15)16-12-13-21-19(14-16)18-10-6-7-11-20(18)22-21/h3-14,17H,2H2,1H3. The highest BCUT2D eigenvalue weighted by Crippen LogP contribution is 2.34. The Morgan fingerprint density at radius 1 is 0.727 bits per heavy atom. The monoisotopic (exact) mass is 286 g/mol. The molecule has 0 radical (unpaired) electrons. The van der Waals surface area contributed by atoms with Crippen LogP contribution in [0, 0.1) is 0 Å². The number of para-hydroxylation sites is 1. The van der Waals surface area contributed by atoms with Gasteiger partial charge in [0.15, 0.2) is 0 Å². The normalized spacial score (nSPS) is 12.8. The molecule has 0 spiro atoms. The van der Waals surface area contributed by atoms with Crippen LogP contribution < -0.4 is 0 Å². The van der Waals surface area contributed by atoms with Crippen molar-refractivity contribution in [2.24, 2.45) is 0 Å². The van der Waals surface area contributed by atoms with Gasteiger partial charge in [-0.15, -0.1) is 0 Å². The molecule has 0 aliphatic rings. The minimum atomic E-state index is 0.430. The van der Waals surface area contributed by atoms with Gasteiger partial charge < -0.3 is 4.42 Å². The molecule has 4 rings (SSSR count). The molecular formula is C21H18O. The van der Waals surface area contributed by atoms with Crippen molar-refractivity contribution in [2.75, 3.05) is 0 Å². The number of hydrogen-bond donors (Lipinski definition) is 0. The third-order valence-corrected chi connectivity index (χ3v) is 4.41. The van der Waals surface area contributed by atoms with E-state index in [4.69, 9.17) is 4.42 Å². The number of furan rings is 1. The van der Waals surface area contributed by atoms with E-state index >= 15 is 0 Å².